The van der Waals surface area contributed by atoms with Crippen molar-refractivity contribution in [3.63, 3.8) is 0 Å². The second kappa shape index (κ2) is 11.6. The Morgan fingerprint density at radius 1 is 1.29 bits per heavy atom. The van der Waals surface area contributed by atoms with Crippen LogP contribution in [0.1, 0.15) is 26.7 Å². The predicted molar refractivity (Wildman–Crippen MR) is 90.3 cm³/mol. The fourth-order valence-corrected chi connectivity index (χ4v) is 2.80. The summed E-state index contributed by atoms with van der Waals surface area (Å²) in [7, 11) is 0. The van der Waals surface area contributed by atoms with Gasteiger partial charge in [0.1, 0.15) is 6.04 Å². The number of rotatable bonds is 7. The van der Waals surface area contributed by atoms with Crippen LogP contribution in [0, 0.1) is 5.92 Å². The van der Waals surface area contributed by atoms with Gasteiger partial charge in [-0.3, -0.25) is 14.9 Å². The number of hydrogen-bond donors (Lipinski definition) is 6. The largest absolute Gasteiger partial charge is 0.490 e. The lowest BCUT2D eigenvalue weighted by Gasteiger charge is -2.31. The van der Waals surface area contributed by atoms with Crippen molar-refractivity contribution in [2.24, 2.45) is 5.92 Å². The van der Waals surface area contributed by atoms with Gasteiger partial charge in [-0.1, -0.05) is 12.2 Å². The van der Waals surface area contributed by atoms with Crippen molar-refractivity contribution in [3.05, 3.63) is 12.2 Å². The standard InChI is InChI=1S/C14H24N2O5.C2HF3O2/c1-3-4-9-7-10(14(20)21)16-12(9)13(15-8(2)18)11(19)5-6-17;3-2(4,5)1(6)7/h3-4,9-13,16-17,19H,5-7H2,1-2H3,(H,15,18)(H,20,21);(H,6,7)/b4-3-;/t9-,10-,11+,12+,13+;/m1./s1. The molecule has 6 N–H and O–H groups in total. The number of carboxylic acids is 2. The topological polar surface area (TPSA) is 156 Å². The molecule has 1 fully saturated rings. The fraction of sp³-hybridized carbons (Fsp3) is 0.688. The molecule has 0 saturated carbocycles. The van der Waals surface area contributed by atoms with Gasteiger partial charge in [-0.15, -0.1) is 0 Å². The summed E-state index contributed by atoms with van der Waals surface area (Å²) in [6, 6.07) is -1.76. The summed E-state index contributed by atoms with van der Waals surface area (Å²) in [5.74, 6) is -4.13. The zero-order valence-corrected chi connectivity index (χ0v) is 15.3. The number of nitrogens with one attached hydrogen (secondary N) is 2. The molecule has 1 saturated heterocycles. The Morgan fingerprint density at radius 3 is 2.18 bits per heavy atom. The number of aliphatic hydroxyl groups excluding tert-OH is 2. The molecule has 1 rings (SSSR count). The first-order valence-electron chi connectivity index (χ1n) is 8.32. The zero-order valence-electron chi connectivity index (χ0n) is 15.3. The van der Waals surface area contributed by atoms with Gasteiger partial charge in [-0.2, -0.15) is 13.2 Å². The average molecular weight is 414 g/mol. The highest BCUT2D eigenvalue weighted by molar-refractivity contribution is 5.75. The van der Waals surface area contributed by atoms with Gasteiger partial charge in [0.05, 0.1) is 12.1 Å². The predicted octanol–water partition coefficient (Wildman–Crippen LogP) is -0.125. The molecule has 0 unspecified atom stereocenters. The molecule has 5 atom stereocenters. The molecule has 0 aromatic rings. The number of amides is 1. The van der Waals surface area contributed by atoms with Gasteiger partial charge in [-0.05, 0) is 25.7 Å². The van der Waals surface area contributed by atoms with Crippen molar-refractivity contribution >= 4 is 17.8 Å². The summed E-state index contributed by atoms with van der Waals surface area (Å²) in [6.07, 6.45) is -1.82. The Labute approximate surface area is 159 Å². The normalized spacial score (nSPS) is 24.2. The van der Waals surface area contributed by atoms with Crippen LogP contribution in [0.25, 0.3) is 0 Å². The molecule has 9 nitrogen and oxygen atoms in total. The van der Waals surface area contributed by atoms with Crippen LogP contribution in [0.3, 0.4) is 0 Å². The van der Waals surface area contributed by atoms with E-state index >= 15 is 0 Å². The summed E-state index contributed by atoms with van der Waals surface area (Å²) >= 11 is 0. The number of carbonyl (C=O) groups is 3. The molecule has 1 amide bonds. The van der Waals surface area contributed by atoms with Crippen LogP contribution < -0.4 is 10.6 Å². The number of halogens is 3. The quantitative estimate of drug-likeness (QED) is 0.315. The Hall–Kier alpha value is -2.18. The van der Waals surface area contributed by atoms with Crippen molar-refractivity contribution in [3.8, 4) is 0 Å². The second-order valence-electron chi connectivity index (χ2n) is 6.12. The molecule has 0 aliphatic carbocycles. The summed E-state index contributed by atoms with van der Waals surface area (Å²) in [5, 5.41) is 41.0. The summed E-state index contributed by atoms with van der Waals surface area (Å²) in [6.45, 7) is 2.97. The van der Waals surface area contributed by atoms with Crippen LogP contribution in [0.2, 0.25) is 0 Å². The first-order valence-corrected chi connectivity index (χ1v) is 8.32. The molecule has 162 valence electrons. The van der Waals surface area contributed by atoms with Gasteiger partial charge in [0, 0.05) is 19.6 Å². The molecule has 1 aliphatic heterocycles. The van der Waals surface area contributed by atoms with E-state index in [0.29, 0.717) is 6.42 Å². The zero-order chi connectivity index (χ0) is 22.1. The second-order valence-corrected chi connectivity index (χ2v) is 6.12. The number of alkyl halides is 3. The van der Waals surface area contributed by atoms with Gasteiger partial charge < -0.3 is 25.7 Å². The first kappa shape index (κ1) is 25.8. The molecule has 12 heteroatoms. The number of allylic oxidation sites excluding steroid dienone is 1. The van der Waals surface area contributed by atoms with Crippen LogP contribution in [0.15, 0.2) is 12.2 Å². The van der Waals surface area contributed by atoms with E-state index in [1.54, 1.807) is 0 Å². The molecule has 28 heavy (non-hydrogen) atoms. The lowest BCUT2D eigenvalue weighted by atomic mass is 9.89. The molecule has 0 radical (unpaired) electrons. The lowest BCUT2D eigenvalue weighted by Crippen LogP contribution is -2.56. The number of aliphatic carboxylic acids is 2. The van der Waals surface area contributed by atoms with E-state index in [0.717, 1.165) is 0 Å². The highest BCUT2D eigenvalue weighted by atomic mass is 19.4. The van der Waals surface area contributed by atoms with Gasteiger partial charge in [0.25, 0.3) is 0 Å². The van der Waals surface area contributed by atoms with Crippen molar-refractivity contribution < 1.29 is 48.0 Å². The molecular weight excluding hydrogens is 389 g/mol. The van der Waals surface area contributed by atoms with Gasteiger partial charge in [0.2, 0.25) is 5.91 Å². The highest BCUT2D eigenvalue weighted by Crippen LogP contribution is 2.26. The van der Waals surface area contributed by atoms with Gasteiger partial charge in [-0.25, -0.2) is 4.79 Å². The Morgan fingerprint density at radius 2 is 1.82 bits per heavy atom. The van der Waals surface area contributed by atoms with Crippen LogP contribution in [-0.4, -0.2) is 75.3 Å². The fourth-order valence-electron chi connectivity index (χ4n) is 2.80. The summed E-state index contributed by atoms with van der Waals surface area (Å²) in [5.41, 5.74) is 0. The third-order valence-corrected chi connectivity index (χ3v) is 3.94. The minimum atomic E-state index is -5.08. The molecule has 0 aromatic carbocycles. The van der Waals surface area contributed by atoms with Crippen LogP contribution in [0.5, 0.6) is 0 Å². The number of carbonyl (C=O) groups excluding carboxylic acids is 1. The number of carboxylic acid groups (broad SMARTS) is 2. The van der Waals surface area contributed by atoms with Gasteiger partial charge in [0.15, 0.2) is 0 Å². The van der Waals surface area contributed by atoms with E-state index in [1.165, 1.54) is 6.92 Å². The maximum absolute atomic E-state index is 11.4. The number of aliphatic hydroxyl groups is 2. The average Bonchev–Trinajstić information content (AvgIpc) is 2.96. The third-order valence-electron chi connectivity index (χ3n) is 3.94. The van der Waals surface area contributed by atoms with Crippen molar-refractivity contribution in [1.82, 2.24) is 10.6 Å². The Kier molecular flexibility index (Phi) is 10.7. The molecule has 0 bridgehead atoms. The molecule has 0 aromatic heterocycles. The van der Waals surface area contributed by atoms with Crippen LogP contribution >= 0.6 is 0 Å². The van der Waals surface area contributed by atoms with Crippen molar-refractivity contribution in [2.45, 2.75) is 57.1 Å². The third kappa shape index (κ3) is 8.67. The maximum atomic E-state index is 11.4. The SMILES string of the molecule is C/C=C\[C@@H]1C[C@H](C(=O)O)N[C@@H]1[C@@H](NC(C)=O)[C@@H](O)CCO.O=C(O)C(F)(F)F. The van der Waals surface area contributed by atoms with E-state index in [4.69, 9.17) is 20.1 Å². The van der Waals surface area contributed by atoms with E-state index < -0.39 is 42.3 Å². The van der Waals surface area contributed by atoms with Crippen LogP contribution in [-0.2, 0) is 14.4 Å². The first-order chi connectivity index (χ1) is 12.8. The monoisotopic (exact) mass is 414 g/mol. The molecular formula is C16H25F3N2O7. The van der Waals surface area contributed by atoms with Crippen molar-refractivity contribution in [1.29, 1.82) is 0 Å². The minimum Gasteiger partial charge on any atom is -0.480 e. The minimum absolute atomic E-state index is 0.110. The van der Waals surface area contributed by atoms with E-state index in [9.17, 15) is 27.9 Å². The van der Waals surface area contributed by atoms with E-state index in [1.807, 2.05) is 19.1 Å². The molecule has 1 aliphatic rings. The van der Waals surface area contributed by atoms with E-state index in [2.05, 4.69) is 10.6 Å². The Balaban J connectivity index is 0.000000887. The van der Waals surface area contributed by atoms with Crippen molar-refractivity contribution in [2.75, 3.05) is 6.61 Å². The smallest absolute Gasteiger partial charge is 0.480 e. The summed E-state index contributed by atoms with van der Waals surface area (Å²) in [4.78, 5) is 31.4. The summed E-state index contributed by atoms with van der Waals surface area (Å²) < 4.78 is 31.7. The number of hydrogen-bond acceptors (Lipinski definition) is 6. The Bertz CT molecular complexity index is 569. The van der Waals surface area contributed by atoms with Crippen LogP contribution in [0.4, 0.5) is 13.2 Å². The lowest BCUT2D eigenvalue weighted by molar-refractivity contribution is -0.192. The molecule has 1 heterocycles. The highest BCUT2D eigenvalue weighted by Gasteiger charge is 2.42. The maximum Gasteiger partial charge on any atom is 0.490 e. The van der Waals surface area contributed by atoms with Gasteiger partial charge >= 0.3 is 18.1 Å². The van der Waals surface area contributed by atoms with E-state index in [-0.39, 0.29) is 24.9 Å². The molecule has 0 spiro atoms.